The summed E-state index contributed by atoms with van der Waals surface area (Å²) in [5, 5.41) is 4.83. The number of amides is 1. The topological polar surface area (TPSA) is 47.6 Å². The van der Waals surface area contributed by atoms with Crippen molar-refractivity contribution in [1.29, 1.82) is 0 Å². The van der Waals surface area contributed by atoms with E-state index in [1.807, 2.05) is 37.4 Å². The van der Waals surface area contributed by atoms with Gasteiger partial charge in [0.25, 0.3) is 5.91 Å². The lowest BCUT2D eigenvalue weighted by Gasteiger charge is -2.06. The maximum atomic E-state index is 12.1. The van der Waals surface area contributed by atoms with E-state index in [4.69, 9.17) is 9.47 Å². The quantitative estimate of drug-likeness (QED) is 0.945. The van der Waals surface area contributed by atoms with Gasteiger partial charge in [-0.05, 0) is 37.1 Å². The Kier molecular flexibility index (Phi) is 3.36. The molecule has 0 saturated carbocycles. The Bertz CT molecular complexity index is 663. The van der Waals surface area contributed by atoms with Crippen LogP contribution in [0.3, 0.4) is 0 Å². The molecular weight excluding hydrogens is 274 g/mol. The monoisotopic (exact) mass is 289 g/mol. The zero-order chi connectivity index (χ0) is 14.1. The van der Waals surface area contributed by atoms with Crippen LogP contribution in [0.5, 0.6) is 11.5 Å². The Hall–Kier alpha value is -2.01. The zero-order valence-electron chi connectivity index (χ0n) is 11.4. The molecule has 0 aliphatic carbocycles. The van der Waals surface area contributed by atoms with Crippen molar-refractivity contribution in [2.24, 2.45) is 0 Å². The molecule has 3 rings (SSSR count). The van der Waals surface area contributed by atoms with Crippen molar-refractivity contribution in [2.75, 3.05) is 6.79 Å². The van der Waals surface area contributed by atoms with E-state index in [-0.39, 0.29) is 12.7 Å². The van der Waals surface area contributed by atoms with Crippen LogP contribution in [0.15, 0.2) is 23.6 Å². The molecule has 0 spiro atoms. The molecule has 0 radical (unpaired) electrons. The second-order valence-corrected chi connectivity index (χ2v) is 5.78. The van der Waals surface area contributed by atoms with Gasteiger partial charge >= 0.3 is 0 Å². The SMILES string of the molecule is Cc1scc(C(=O)NCc2ccc3c(c2)OCO3)c1C. The highest BCUT2D eigenvalue weighted by Crippen LogP contribution is 2.32. The van der Waals surface area contributed by atoms with E-state index in [0.29, 0.717) is 6.54 Å². The number of ether oxygens (including phenoxy) is 2. The van der Waals surface area contributed by atoms with E-state index in [0.717, 1.165) is 28.2 Å². The number of benzene rings is 1. The van der Waals surface area contributed by atoms with Gasteiger partial charge in [0.1, 0.15) is 0 Å². The fourth-order valence-electron chi connectivity index (χ4n) is 2.07. The third-order valence-corrected chi connectivity index (χ3v) is 4.43. The second-order valence-electron chi connectivity index (χ2n) is 4.70. The molecule has 1 aromatic carbocycles. The summed E-state index contributed by atoms with van der Waals surface area (Å²) >= 11 is 1.60. The first-order valence-electron chi connectivity index (χ1n) is 6.36. The fourth-order valence-corrected chi connectivity index (χ4v) is 2.93. The Morgan fingerprint density at radius 2 is 2.10 bits per heavy atom. The highest BCUT2D eigenvalue weighted by Gasteiger charge is 2.15. The van der Waals surface area contributed by atoms with Crippen LogP contribution in [0, 0.1) is 13.8 Å². The highest BCUT2D eigenvalue weighted by molar-refractivity contribution is 7.10. The Morgan fingerprint density at radius 1 is 1.30 bits per heavy atom. The van der Waals surface area contributed by atoms with E-state index >= 15 is 0 Å². The number of thiophene rings is 1. The molecule has 1 amide bonds. The van der Waals surface area contributed by atoms with Gasteiger partial charge in [-0.3, -0.25) is 4.79 Å². The molecule has 1 aromatic heterocycles. The lowest BCUT2D eigenvalue weighted by Crippen LogP contribution is -2.22. The number of carbonyl (C=O) groups is 1. The van der Waals surface area contributed by atoms with Gasteiger partial charge in [-0.1, -0.05) is 6.07 Å². The molecule has 1 aliphatic rings. The van der Waals surface area contributed by atoms with Crippen LogP contribution in [-0.2, 0) is 6.54 Å². The Balaban J connectivity index is 1.67. The molecule has 5 heteroatoms. The second kappa shape index (κ2) is 5.17. The average molecular weight is 289 g/mol. The smallest absolute Gasteiger partial charge is 0.252 e. The van der Waals surface area contributed by atoms with Gasteiger partial charge in [-0.25, -0.2) is 0 Å². The molecular formula is C15H15NO3S. The first-order chi connectivity index (χ1) is 9.65. The molecule has 0 unspecified atom stereocenters. The summed E-state index contributed by atoms with van der Waals surface area (Å²) in [5.74, 6) is 1.45. The van der Waals surface area contributed by atoms with Crippen molar-refractivity contribution in [2.45, 2.75) is 20.4 Å². The van der Waals surface area contributed by atoms with Crippen LogP contribution in [0.4, 0.5) is 0 Å². The molecule has 1 N–H and O–H groups in total. The highest BCUT2D eigenvalue weighted by atomic mass is 32.1. The first kappa shape index (κ1) is 13.0. The van der Waals surface area contributed by atoms with Crippen LogP contribution < -0.4 is 14.8 Å². The lowest BCUT2D eigenvalue weighted by molar-refractivity contribution is 0.0950. The number of hydrogen-bond acceptors (Lipinski definition) is 4. The van der Waals surface area contributed by atoms with Crippen LogP contribution >= 0.6 is 11.3 Å². The largest absolute Gasteiger partial charge is 0.454 e. The normalized spacial score (nSPS) is 12.5. The number of nitrogens with one attached hydrogen (secondary N) is 1. The summed E-state index contributed by atoms with van der Waals surface area (Å²) in [6.45, 7) is 4.73. The Labute approximate surface area is 121 Å². The van der Waals surface area contributed by atoms with Crippen LogP contribution in [-0.4, -0.2) is 12.7 Å². The van der Waals surface area contributed by atoms with Gasteiger partial charge in [0.05, 0.1) is 5.56 Å². The van der Waals surface area contributed by atoms with Crippen molar-refractivity contribution >= 4 is 17.2 Å². The zero-order valence-corrected chi connectivity index (χ0v) is 12.2. The molecule has 0 atom stereocenters. The van der Waals surface area contributed by atoms with E-state index in [9.17, 15) is 4.79 Å². The molecule has 0 bridgehead atoms. The third kappa shape index (κ3) is 2.36. The minimum absolute atomic E-state index is 0.0375. The lowest BCUT2D eigenvalue weighted by atomic mass is 10.1. The van der Waals surface area contributed by atoms with Gasteiger partial charge < -0.3 is 14.8 Å². The minimum atomic E-state index is -0.0375. The van der Waals surface area contributed by atoms with E-state index in [1.54, 1.807) is 11.3 Å². The number of carbonyl (C=O) groups excluding carboxylic acids is 1. The van der Waals surface area contributed by atoms with Crippen LogP contribution in [0.2, 0.25) is 0 Å². The van der Waals surface area contributed by atoms with Crippen LogP contribution in [0.25, 0.3) is 0 Å². The molecule has 0 saturated heterocycles. The van der Waals surface area contributed by atoms with Gasteiger partial charge in [-0.15, -0.1) is 11.3 Å². The standard InChI is InChI=1S/C15H15NO3S/c1-9-10(2)20-7-12(9)15(17)16-6-11-3-4-13-14(5-11)19-8-18-13/h3-5,7H,6,8H2,1-2H3,(H,16,17). The fraction of sp³-hybridized carbons (Fsp3) is 0.267. The number of fused-ring (bicyclic) bond motifs is 1. The molecule has 2 aromatic rings. The summed E-state index contributed by atoms with van der Waals surface area (Å²) in [6, 6.07) is 5.69. The van der Waals surface area contributed by atoms with E-state index in [1.165, 1.54) is 4.88 Å². The van der Waals surface area contributed by atoms with Gasteiger partial charge in [0.2, 0.25) is 6.79 Å². The maximum Gasteiger partial charge on any atom is 0.252 e. The number of aryl methyl sites for hydroxylation is 1. The molecule has 1 aliphatic heterocycles. The predicted molar refractivity (Wildman–Crippen MR) is 77.5 cm³/mol. The van der Waals surface area contributed by atoms with Gasteiger partial charge in [-0.2, -0.15) is 0 Å². The van der Waals surface area contributed by atoms with E-state index in [2.05, 4.69) is 5.32 Å². The van der Waals surface area contributed by atoms with Crippen molar-refractivity contribution in [3.8, 4) is 11.5 Å². The van der Waals surface area contributed by atoms with E-state index < -0.39 is 0 Å². The summed E-state index contributed by atoms with van der Waals surface area (Å²) in [6.07, 6.45) is 0. The molecule has 0 fully saturated rings. The maximum absolute atomic E-state index is 12.1. The molecule has 104 valence electrons. The minimum Gasteiger partial charge on any atom is -0.454 e. The molecule has 4 nitrogen and oxygen atoms in total. The summed E-state index contributed by atoms with van der Waals surface area (Å²) in [4.78, 5) is 13.3. The molecule has 20 heavy (non-hydrogen) atoms. The van der Waals surface area contributed by atoms with Gasteiger partial charge in [0.15, 0.2) is 11.5 Å². The number of rotatable bonds is 3. The third-order valence-electron chi connectivity index (χ3n) is 3.42. The summed E-state index contributed by atoms with van der Waals surface area (Å²) < 4.78 is 10.6. The average Bonchev–Trinajstić information content (AvgIpc) is 3.03. The van der Waals surface area contributed by atoms with Crippen molar-refractivity contribution in [3.05, 3.63) is 45.1 Å². The molecule has 2 heterocycles. The summed E-state index contributed by atoms with van der Waals surface area (Å²) in [5.41, 5.74) is 2.80. The predicted octanol–water partition coefficient (Wildman–Crippen LogP) is 3.02. The van der Waals surface area contributed by atoms with Crippen molar-refractivity contribution < 1.29 is 14.3 Å². The Morgan fingerprint density at radius 3 is 2.85 bits per heavy atom. The first-order valence-corrected chi connectivity index (χ1v) is 7.24. The van der Waals surface area contributed by atoms with Crippen molar-refractivity contribution in [1.82, 2.24) is 5.32 Å². The van der Waals surface area contributed by atoms with Gasteiger partial charge in [0, 0.05) is 16.8 Å². The van der Waals surface area contributed by atoms with Crippen LogP contribution in [0.1, 0.15) is 26.4 Å². The van der Waals surface area contributed by atoms with Crippen molar-refractivity contribution in [3.63, 3.8) is 0 Å². The number of hydrogen-bond donors (Lipinski definition) is 1. The summed E-state index contributed by atoms with van der Waals surface area (Å²) in [7, 11) is 0.